The van der Waals surface area contributed by atoms with E-state index in [1.807, 2.05) is 39.0 Å². The number of rotatable bonds is 3. The molecule has 0 saturated carbocycles. The van der Waals surface area contributed by atoms with Crippen molar-refractivity contribution in [3.63, 3.8) is 0 Å². The molecule has 1 N–H and O–H groups in total. The summed E-state index contributed by atoms with van der Waals surface area (Å²) >= 11 is 0. The van der Waals surface area contributed by atoms with Crippen LogP contribution in [-0.4, -0.2) is 41.6 Å². The van der Waals surface area contributed by atoms with Crippen LogP contribution in [0.15, 0.2) is 18.2 Å². The minimum absolute atomic E-state index is 0.0468. The number of carbonyl (C=O) groups is 1. The molecule has 4 nitrogen and oxygen atoms in total. The van der Waals surface area contributed by atoms with Crippen LogP contribution in [0.5, 0.6) is 0 Å². The van der Waals surface area contributed by atoms with E-state index in [0.717, 1.165) is 23.4 Å². The third kappa shape index (κ3) is 3.50. The fourth-order valence-corrected chi connectivity index (χ4v) is 3.16. The molecule has 1 saturated heterocycles. The Morgan fingerprint density at radius 1 is 1.27 bits per heavy atom. The van der Waals surface area contributed by atoms with Crippen LogP contribution in [0.25, 0.3) is 0 Å². The van der Waals surface area contributed by atoms with Crippen molar-refractivity contribution in [1.82, 2.24) is 4.90 Å². The first-order valence-electron chi connectivity index (χ1n) is 8.09. The fourth-order valence-electron chi connectivity index (χ4n) is 3.16. The van der Waals surface area contributed by atoms with E-state index in [1.165, 1.54) is 0 Å². The van der Waals surface area contributed by atoms with Gasteiger partial charge in [-0.1, -0.05) is 18.2 Å². The summed E-state index contributed by atoms with van der Waals surface area (Å²) in [6.45, 7) is 13.1. The molecule has 0 aliphatic carbocycles. The molecule has 122 valence electrons. The Hall–Kier alpha value is -1.39. The summed E-state index contributed by atoms with van der Waals surface area (Å²) in [4.78, 5) is 14.9. The van der Waals surface area contributed by atoms with Crippen molar-refractivity contribution >= 4 is 11.6 Å². The van der Waals surface area contributed by atoms with Gasteiger partial charge in [-0.05, 0) is 52.7 Å². The van der Waals surface area contributed by atoms with Gasteiger partial charge in [0.05, 0.1) is 18.2 Å². The van der Waals surface area contributed by atoms with Gasteiger partial charge in [-0.2, -0.15) is 0 Å². The van der Waals surface area contributed by atoms with Crippen LogP contribution in [-0.2, 0) is 9.53 Å². The summed E-state index contributed by atoms with van der Waals surface area (Å²) in [7, 11) is 0. The van der Waals surface area contributed by atoms with Gasteiger partial charge in [0.15, 0.2) is 0 Å². The molecule has 0 spiro atoms. The van der Waals surface area contributed by atoms with Crippen LogP contribution < -0.4 is 5.32 Å². The fraction of sp³-hybridized carbons (Fsp3) is 0.611. The highest BCUT2D eigenvalue weighted by Crippen LogP contribution is 2.23. The maximum Gasteiger partial charge on any atom is 0.241 e. The molecule has 0 bridgehead atoms. The molecule has 1 heterocycles. The number of carbonyl (C=O) groups excluding carboxylic acids is 1. The summed E-state index contributed by atoms with van der Waals surface area (Å²) in [5.41, 5.74) is 3.12. The van der Waals surface area contributed by atoms with E-state index in [0.29, 0.717) is 0 Å². The lowest BCUT2D eigenvalue weighted by Crippen LogP contribution is -2.57. The molecule has 1 aliphatic heterocycles. The number of anilines is 1. The second kappa shape index (κ2) is 6.80. The van der Waals surface area contributed by atoms with Gasteiger partial charge in [-0.3, -0.25) is 9.69 Å². The standard InChI is InChI=1S/C18H28N2O2/c1-11-8-7-9-12(2)17(11)19-18(21)15(5)20-10-13(3)22-16(6)14(20)4/h7-9,13-16H,10H2,1-6H3,(H,19,21). The SMILES string of the molecule is Cc1cccc(C)c1NC(=O)C(C)N1CC(C)OC(C)C1C. The van der Waals surface area contributed by atoms with Crippen LogP contribution in [0, 0.1) is 13.8 Å². The smallest absolute Gasteiger partial charge is 0.241 e. The largest absolute Gasteiger partial charge is 0.373 e. The molecule has 1 aliphatic rings. The molecule has 1 aromatic rings. The number of hydrogen-bond donors (Lipinski definition) is 1. The summed E-state index contributed by atoms with van der Waals surface area (Å²) < 4.78 is 5.84. The lowest BCUT2D eigenvalue weighted by atomic mass is 10.0. The molecule has 4 atom stereocenters. The number of aryl methyl sites for hydroxylation is 2. The lowest BCUT2D eigenvalue weighted by molar-refractivity contribution is -0.135. The Morgan fingerprint density at radius 2 is 1.86 bits per heavy atom. The predicted octanol–water partition coefficient (Wildman–Crippen LogP) is 3.13. The van der Waals surface area contributed by atoms with Gasteiger partial charge in [0.1, 0.15) is 0 Å². The van der Waals surface area contributed by atoms with Crippen LogP contribution in [0.3, 0.4) is 0 Å². The van der Waals surface area contributed by atoms with Crippen molar-refractivity contribution in [2.45, 2.75) is 65.8 Å². The monoisotopic (exact) mass is 304 g/mol. The predicted molar refractivity (Wildman–Crippen MR) is 90.2 cm³/mol. The Balaban J connectivity index is 2.12. The molecule has 2 rings (SSSR count). The first kappa shape index (κ1) is 17.0. The molecule has 22 heavy (non-hydrogen) atoms. The number of nitrogens with zero attached hydrogens (tertiary/aromatic N) is 1. The summed E-state index contributed by atoms with van der Waals surface area (Å²) in [5, 5.41) is 3.10. The maximum absolute atomic E-state index is 12.7. The van der Waals surface area contributed by atoms with Gasteiger partial charge in [0.2, 0.25) is 5.91 Å². The maximum atomic E-state index is 12.7. The quantitative estimate of drug-likeness (QED) is 0.933. The van der Waals surface area contributed by atoms with Crippen molar-refractivity contribution < 1.29 is 9.53 Å². The van der Waals surface area contributed by atoms with E-state index in [-0.39, 0.29) is 30.2 Å². The van der Waals surface area contributed by atoms with Gasteiger partial charge in [0, 0.05) is 18.3 Å². The second-order valence-corrected chi connectivity index (χ2v) is 6.52. The highest BCUT2D eigenvalue weighted by Gasteiger charge is 2.35. The average Bonchev–Trinajstić information content (AvgIpc) is 2.46. The minimum atomic E-state index is -0.178. The first-order valence-corrected chi connectivity index (χ1v) is 8.09. The van der Waals surface area contributed by atoms with Crippen molar-refractivity contribution in [2.75, 3.05) is 11.9 Å². The Labute approximate surface area is 133 Å². The Bertz CT molecular complexity index is 524. The topological polar surface area (TPSA) is 41.6 Å². The van der Waals surface area contributed by atoms with Crippen molar-refractivity contribution in [3.05, 3.63) is 29.3 Å². The molecular weight excluding hydrogens is 276 g/mol. The van der Waals surface area contributed by atoms with Crippen LogP contribution in [0.1, 0.15) is 38.8 Å². The van der Waals surface area contributed by atoms with Gasteiger partial charge < -0.3 is 10.1 Å². The lowest BCUT2D eigenvalue weighted by Gasteiger charge is -2.43. The third-order valence-corrected chi connectivity index (χ3v) is 4.72. The summed E-state index contributed by atoms with van der Waals surface area (Å²) in [6.07, 6.45) is 0.292. The second-order valence-electron chi connectivity index (χ2n) is 6.52. The molecule has 1 fully saturated rings. The zero-order valence-electron chi connectivity index (χ0n) is 14.5. The van der Waals surface area contributed by atoms with E-state index >= 15 is 0 Å². The molecule has 1 aromatic carbocycles. The van der Waals surface area contributed by atoms with Gasteiger partial charge in [0.25, 0.3) is 0 Å². The third-order valence-electron chi connectivity index (χ3n) is 4.72. The number of benzene rings is 1. The van der Waals surface area contributed by atoms with Crippen molar-refractivity contribution in [1.29, 1.82) is 0 Å². The number of para-hydroxylation sites is 1. The summed E-state index contributed by atoms with van der Waals surface area (Å²) in [5.74, 6) is 0.0468. The molecule has 4 unspecified atom stereocenters. The Kier molecular flexibility index (Phi) is 5.24. The molecular formula is C18H28N2O2. The zero-order chi connectivity index (χ0) is 16.4. The molecule has 0 aromatic heterocycles. The van der Waals surface area contributed by atoms with E-state index in [9.17, 15) is 4.79 Å². The van der Waals surface area contributed by atoms with Gasteiger partial charge >= 0.3 is 0 Å². The van der Waals surface area contributed by atoms with Crippen molar-refractivity contribution in [3.8, 4) is 0 Å². The average molecular weight is 304 g/mol. The number of nitrogens with one attached hydrogen (secondary N) is 1. The van der Waals surface area contributed by atoms with E-state index in [1.54, 1.807) is 0 Å². The minimum Gasteiger partial charge on any atom is -0.373 e. The first-order chi connectivity index (χ1) is 10.3. The van der Waals surface area contributed by atoms with Gasteiger partial charge in [-0.25, -0.2) is 0 Å². The normalized spacial score (nSPS) is 27.5. The number of morpholine rings is 1. The molecule has 4 heteroatoms. The highest BCUT2D eigenvalue weighted by molar-refractivity contribution is 5.95. The Morgan fingerprint density at radius 3 is 2.45 bits per heavy atom. The zero-order valence-corrected chi connectivity index (χ0v) is 14.5. The molecule has 1 amide bonds. The number of ether oxygens (including phenoxy) is 1. The van der Waals surface area contributed by atoms with Crippen LogP contribution >= 0.6 is 0 Å². The highest BCUT2D eigenvalue weighted by atomic mass is 16.5. The van der Waals surface area contributed by atoms with E-state index in [4.69, 9.17) is 4.74 Å². The van der Waals surface area contributed by atoms with Gasteiger partial charge in [-0.15, -0.1) is 0 Å². The van der Waals surface area contributed by atoms with E-state index in [2.05, 4.69) is 31.0 Å². The van der Waals surface area contributed by atoms with Crippen LogP contribution in [0.2, 0.25) is 0 Å². The van der Waals surface area contributed by atoms with Crippen molar-refractivity contribution in [2.24, 2.45) is 0 Å². The van der Waals surface area contributed by atoms with Crippen LogP contribution in [0.4, 0.5) is 5.69 Å². The molecule has 0 radical (unpaired) electrons. The number of hydrogen-bond acceptors (Lipinski definition) is 3. The van der Waals surface area contributed by atoms with E-state index < -0.39 is 0 Å². The number of amides is 1. The summed E-state index contributed by atoms with van der Waals surface area (Å²) in [6, 6.07) is 6.11.